The highest BCUT2D eigenvalue weighted by Gasteiger charge is 2.16. The predicted octanol–water partition coefficient (Wildman–Crippen LogP) is 4.10. The van der Waals surface area contributed by atoms with Crippen LogP contribution < -0.4 is 4.74 Å². The van der Waals surface area contributed by atoms with Crippen LogP contribution in [0, 0.1) is 30.9 Å². The van der Waals surface area contributed by atoms with Gasteiger partial charge < -0.3 is 4.74 Å². The zero-order valence-electron chi connectivity index (χ0n) is 11.8. The smallest absolute Gasteiger partial charge is 0.276 e. The van der Waals surface area contributed by atoms with Crippen LogP contribution in [0.5, 0.6) is 5.75 Å². The predicted molar refractivity (Wildman–Crippen MR) is 78.1 cm³/mol. The summed E-state index contributed by atoms with van der Waals surface area (Å²) in [5, 5.41) is 11.0. The van der Waals surface area contributed by atoms with Gasteiger partial charge in [-0.2, -0.15) is 0 Å². The molecule has 2 aromatic carbocycles. The first kappa shape index (κ1) is 14.1. The monoisotopic (exact) mass is 271 g/mol. The van der Waals surface area contributed by atoms with Crippen molar-refractivity contribution < 1.29 is 9.66 Å². The Morgan fingerprint density at radius 2 is 1.85 bits per heavy atom. The Morgan fingerprint density at radius 3 is 2.50 bits per heavy atom. The lowest BCUT2D eigenvalue weighted by Gasteiger charge is -2.11. The average molecular weight is 271 g/mol. The van der Waals surface area contributed by atoms with E-state index in [1.54, 1.807) is 6.07 Å². The normalized spacial score (nSPS) is 10.3. The summed E-state index contributed by atoms with van der Waals surface area (Å²) in [5.41, 5.74) is 3.79. The molecule has 0 saturated heterocycles. The van der Waals surface area contributed by atoms with Gasteiger partial charge in [0.1, 0.15) is 12.4 Å². The Labute approximate surface area is 118 Å². The van der Waals surface area contributed by atoms with E-state index < -0.39 is 0 Å². The van der Waals surface area contributed by atoms with E-state index in [0.717, 1.165) is 22.4 Å². The first-order valence-electron chi connectivity index (χ1n) is 6.42. The molecule has 20 heavy (non-hydrogen) atoms. The van der Waals surface area contributed by atoms with Gasteiger partial charge in [0.15, 0.2) is 0 Å². The maximum absolute atomic E-state index is 11.0. The zero-order chi connectivity index (χ0) is 14.7. The van der Waals surface area contributed by atoms with Gasteiger partial charge in [0.25, 0.3) is 5.69 Å². The molecule has 0 N–H and O–H groups in total. The highest BCUT2D eigenvalue weighted by atomic mass is 16.6. The molecule has 0 aliphatic heterocycles. The Hall–Kier alpha value is -2.36. The molecule has 0 bridgehead atoms. The zero-order valence-corrected chi connectivity index (χ0v) is 11.8. The maximum Gasteiger partial charge on any atom is 0.276 e. The highest BCUT2D eigenvalue weighted by molar-refractivity contribution is 5.45. The van der Waals surface area contributed by atoms with Crippen LogP contribution >= 0.6 is 0 Å². The van der Waals surface area contributed by atoms with Gasteiger partial charge in [-0.1, -0.05) is 29.8 Å². The van der Waals surface area contributed by atoms with E-state index in [2.05, 4.69) is 0 Å². The van der Waals surface area contributed by atoms with Gasteiger partial charge in [0, 0.05) is 6.07 Å². The molecule has 2 aromatic rings. The summed E-state index contributed by atoms with van der Waals surface area (Å²) in [6.07, 6.45) is 0. The summed E-state index contributed by atoms with van der Waals surface area (Å²) in [4.78, 5) is 10.7. The third-order valence-electron chi connectivity index (χ3n) is 3.28. The third kappa shape index (κ3) is 2.96. The molecule has 0 aliphatic carbocycles. The Bertz CT molecular complexity index is 650. The third-order valence-corrected chi connectivity index (χ3v) is 3.28. The minimum absolute atomic E-state index is 0.106. The van der Waals surface area contributed by atoms with E-state index in [1.165, 1.54) is 6.07 Å². The van der Waals surface area contributed by atoms with Gasteiger partial charge in [-0.05, 0) is 38.0 Å². The van der Waals surface area contributed by atoms with Crippen LogP contribution in [0.25, 0.3) is 0 Å². The molecule has 2 rings (SSSR count). The molecular weight excluding hydrogens is 254 g/mol. The SMILES string of the molecule is Cc1ccc(OCc2c(C)cccc2[N+](=O)[O-])c(C)c1. The van der Waals surface area contributed by atoms with Crippen molar-refractivity contribution >= 4 is 5.69 Å². The van der Waals surface area contributed by atoms with Crippen LogP contribution in [0.4, 0.5) is 5.69 Å². The Kier molecular flexibility index (Phi) is 4.03. The molecule has 104 valence electrons. The molecule has 0 aliphatic rings. The first-order valence-corrected chi connectivity index (χ1v) is 6.42. The molecule has 0 fully saturated rings. The molecule has 0 atom stereocenters. The molecule has 0 heterocycles. The molecule has 0 aromatic heterocycles. The quantitative estimate of drug-likeness (QED) is 0.621. The van der Waals surface area contributed by atoms with Crippen molar-refractivity contribution in [3.63, 3.8) is 0 Å². The summed E-state index contributed by atoms with van der Waals surface area (Å²) in [6, 6.07) is 10.9. The number of benzene rings is 2. The molecule has 0 spiro atoms. The second-order valence-corrected chi connectivity index (χ2v) is 4.89. The number of aryl methyl sites for hydroxylation is 3. The van der Waals surface area contributed by atoms with E-state index in [-0.39, 0.29) is 17.2 Å². The highest BCUT2D eigenvalue weighted by Crippen LogP contribution is 2.25. The van der Waals surface area contributed by atoms with E-state index in [0.29, 0.717) is 5.56 Å². The van der Waals surface area contributed by atoms with Crippen molar-refractivity contribution in [2.75, 3.05) is 0 Å². The minimum atomic E-state index is -0.367. The van der Waals surface area contributed by atoms with Gasteiger partial charge in [0.2, 0.25) is 0 Å². The number of hydrogen-bond donors (Lipinski definition) is 0. The molecule has 4 nitrogen and oxygen atoms in total. The number of nitrogens with zero attached hydrogens (tertiary/aromatic N) is 1. The molecular formula is C16H17NO3. The van der Waals surface area contributed by atoms with Crippen LogP contribution in [0.2, 0.25) is 0 Å². The fourth-order valence-electron chi connectivity index (χ4n) is 2.16. The molecule has 4 heteroatoms. The average Bonchev–Trinajstić information content (AvgIpc) is 2.38. The Balaban J connectivity index is 2.25. The fraction of sp³-hybridized carbons (Fsp3) is 0.250. The van der Waals surface area contributed by atoms with Crippen LogP contribution in [0.15, 0.2) is 36.4 Å². The molecule has 0 radical (unpaired) electrons. The summed E-state index contributed by atoms with van der Waals surface area (Å²) >= 11 is 0. The van der Waals surface area contributed by atoms with E-state index in [4.69, 9.17) is 4.74 Å². The van der Waals surface area contributed by atoms with Crippen LogP contribution in [0.1, 0.15) is 22.3 Å². The number of rotatable bonds is 4. The fourth-order valence-corrected chi connectivity index (χ4v) is 2.16. The van der Waals surface area contributed by atoms with Crippen molar-refractivity contribution in [2.24, 2.45) is 0 Å². The molecule has 0 amide bonds. The van der Waals surface area contributed by atoms with Gasteiger partial charge >= 0.3 is 0 Å². The summed E-state index contributed by atoms with van der Waals surface area (Å²) in [7, 11) is 0. The number of hydrogen-bond acceptors (Lipinski definition) is 3. The number of nitro groups is 1. The Morgan fingerprint density at radius 1 is 1.10 bits per heavy atom. The topological polar surface area (TPSA) is 52.4 Å². The second-order valence-electron chi connectivity index (χ2n) is 4.89. The van der Waals surface area contributed by atoms with Crippen LogP contribution in [-0.4, -0.2) is 4.92 Å². The molecule has 0 saturated carbocycles. The first-order chi connectivity index (χ1) is 9.49. The number of nitro benzene ring substituents is 1. The largest absolute Gasteiger partial charge is 0.488 e. The van der Waals surface area contributed by atoms with E-state index >= 15 is 0 Å². The van der Waals surface area contributed by atoms with Gasteiger partial charge in [0.05, 0.1) is 10.5 Å². The van der Waals surface area contributed by atoms with Crippen molar-refractivity contribution in [3.05, 3.63) is 68.8 Å². The van der Waals surface area contributed by atoms with E-state index in [1.807, 2.05) is 45.0 Å². The summed E-state index contributed by atoms with van der Waals surface area (Å²) < 4.78 is 5.75. The van der Waals surface area contributed by atoms with E-state index in [9.17, 15) is 10.1 Å². The lowest BCUT2D eigenvalue weighted by atomic mass is 10.1. The minimum Gasteiger partial charge on any atom is -0.488 e. The van der Waals surface area contributed by atoms with Crippen molar-refractivity contribution in [1.29, 1.82) is 0 Å². The van der Waals surface area contributed by atoms with Crippen LogP contribution in [-0.2, 0) is 6.61 Å². The van der Waals surface area contributed by atoms with Gasteiger partial charge in [-0.3, -0.25) is 10.1 Å². The standard InChI is InChI=1S/C16H17NO3/c1-11-7-8-16(13(3)9-11)20-10-14-12(2)5-4-6-15(14)17(18)19/h4-9H,10H2,1-3H3. The van der Waals surface area contributed by atoms with Gasteiger partial charge in [-0.15, -0.1) is 0 Å². The summed E-state index contributed by atoms with van der Waals surface area (Å²) in [6.45, 7) is 6.04. The summed E-state index contributed by atoms with van der Waals surface area (Å²) in [5.74, 6) is 0.758. The lowest BCUT2D eigenvalue weighted by Crippen LogP contribution is -2.03. The lowest BCUT2D eigenvalue weighted by molar-refractivity contribution is -0.385. The van der Waals surface area contributed by atoms with Gasteiger partial charge in [-0.25, -0.2) is 0 Å². The maximum atomic E-state index is 11.0. The van der Waals surface area contributed by atoms with Crippen molar-refractivity contribution in [3.8, 4) is 5.75 Å². The number of ether oxygens (including phenoxy) is 1. The second kappa shape index (κ2) is 5.74. The molecule has 0 unspecified atom stereocenters. The van der Waals surface area contributed by atoms with Crippen molar-refractivity contribution in [1.82, 2.24) is 0 Å². The van der Waals surface area contributed by atoms with Crippen LogP contribution in [0.3, 0.4) is 0 Å². The van der Waals surface area contributed by atoms with Crippen molar-refractivity contribution in [2.45, 2.75) is 27.4 Å².